The Balaban J connectivity index is 0.732. The second-order valence-corrected chi connectivity index (χ2v) is 34.2. The first-order chi connectivity index (χ1) is 66.2. The van der Waals surface area contributed by atoms with Crippen molar-refractivity contribution < 1.29 is 65.2 Å². The first kappa shape index (κ1) is 87.3. The second-order valence-electron chi connectivity index (χ2n) is 32.8. The number of ether oxygens (including phenoxy) is 12. The summed E-state index contributed by atoms with van der Waals surface area (Å²) < 4.78 is 98.7. The second kappa shape index (κ2) is 43.6. The fraction of sp³-hybridized carbons (Fsp3) is 0.119. The standard InChI is InChI=1S/C118H98NO14P/c1-9-29-85(30-10-1)73-120-105-57-95(58-106(67-105)121-74-86-31-11-2-12-32-86)81-128-101-53-93(54-102(65-101)129-82-96-59-107(122-75-87-33-13-3-14-34-87)68-108(60-96)123-76-88-35-15-4-16-36-88)71-119(134-132-115-51-49-99-45-25-27-47-113(99)117(115)118-114-48-28-26-46-100(114)50-52-116(118)133-134)72-94-55-103(130-83-97-61-109(124-77-89-37-17-5-18-38-89)69-110(62-97)125-78-90-39-19-6-20-40-90)66-104(56-94)131-84-98-63-111(126-79-91-41-21-7-22-42-91)70-112(64-98)127-80-92-43-23-8-24-44-92/h1-70H,71-84H2. The predicted molar refractivity (Wildman–Crippen MR) is 529 cm³/mol. The summed E-state index contributed by atoms with van der Waals surface area (Å²) in [7, 11) is -2.14. The van der Waals surface area contributed by atoms with Crippen LogP contribution in [0, 0.1) is 0 Å². The van der Waals surface area contributed by atoms with Gasteiger partial charge in [-0.1, -0.05) is 303 Å². The first-order valence-electron chi connectivity index (χ1n) is 44.9. The average Bonchev–Trinajstić information content (AvgIpc) is 1.51. The molecule has 0 aliphatic carbocycles. The van der Waals surface area contributed by atoms with Crippen molar-refractivity contribution in [1.29, 1.82) is 0 Å². The zero-order chi connectivity index (χ0) is 90.1. The van der Waals surface area contributed by atoms with Crippen molar-refractivity contribution >= 4 is 51.6 Å². The minimum Gasteiger partial charge on any atom is -0.489 e. The first-order valence-corrected chi connectivity index (χ1v) is 46.0. The summed E-state index contributed by atoms with van der Waals surface area (Å²) >= 11 is 0. The third-order valence-corrected chi connectivity index (χ3v) is 24.0. The van der Waals surface area contributed by atoms with Crippen molar-refractivity contribution in [2.24, 2.45) is 0 Å². The van der Waals surface area contributed by atoms with Gasteiger partial charge in [-0.3, -0.25) is 0 Å². The van der Waals surface area contributed by atoms with Crippen LogP contribution in [0.15, 0.2) is 433 Å². The Labute approximate surface area is 780 Å². The number of fused-ring (bicyclic) bond motifs is 7. The van der Waals surface area contributed by atoms with E-state index in [1.54, 1.807) is 0 Å². The molecule has 134 heavy (non-hydrogen) atoms. The molecule has 1 heterocycles. The molecular weight excluding hydrogens is 1690 g/mol. The van der Waals surface area contributed by atoms with Gasteiger partial charge in [0, 0.05) is 60.3 Å². The summed E-state index contributed by atoms with van der Waals surface area (Å²) in [6.45, 7) is 3.62. The maximum Gasteiger partial charge on any atom is 0.310 e. The molecule has 664 valence electrons. The van der Waals surface area contributed by atoms with E-state index in [4.69, 9.17) is 65.2 Å². The molecule has 0 unspecified atom stereocenters. The Morgan fingerprint density at radius 3 is 0.537 bits per heavy atom. The number of rotatable bonds is 41. The molecule has 0 aliphatic heterocycles. The molecule has 0 atom stereocenters. The van der Waals surface area contributed by atoms with E-state index in [1.165, 1.54) is 0 Å². The average molecular weight is 1790 g/mol. The van der Waals surface area contributed by atoms with Gasteiger partial charge in [-0.05, 0) is 184 Å². The summed E-state index contributed by atoms with van der Waals surface area (Å²) in [5.41, 5.74) is 14.4. The molecule has 16 heteroatoms. The fourth-order valence-corrected chi connectivity index (χ4v) is 17.4. The van der Waals surface area contributed by atoms with E-state index in [2.05, 4.69) is 102 Å². The Hall–Kier alpha value is -16.1. The minimum absolute atomic E-state index is 0.115. The molecule has 0 saturated heterocycles. The molecular formula is C118H98NO14P. The molecule has 1 aromatic heterocycles. The number of hydrogen-bond acceptors (Lipinski definition) is 15. The topological polar surface area (TPSA) is 140 Å². The van der Waals surface area contributed by atoms with Crippen molar-refractivity contribution in [2.75, 3.05) is 4.67 Å². The Morgan fingerprint density at radius 2 is 0.336 bits per heavy atom. The van der Waals surface area contributed by atoms with Crippen molar-refractivity contribution in [3.63, 3.8) is 0 Å². The van der Waals surface area contributed by atoms with Gasteiger partial charge in [0.1, 0.15) is 159 Å². The van der Waals surface area contributed by atoms with Crippen LogP contribution in [0.4, 0.5) is 0 Å². The highest BCUT2D eigenvalue weighted by Crippen LogP contribution is 2.45. The van der Waals surface area contributed by atoms with E-state index in [1.807, 2.05) is 328 Å². The van der Waals surface area contributed by atoms with Crippen LogP contribution in [0.2, 0.25) is 0 Å². The van der Waals surface area contributed by atoms with Gasteiger partial charge in [-0.25, -0.2) is 0 Å². The normalized spacial score (nSPS) is 11.2. The zero-order valence-corrected chi connectivity index (χ0v) is 74.8. The van der Waals surface area contributed by atoms with E-state index >= 15 is 0 Å². The van der Waals surface area contributed by atoms with Gasteiger partial charge < -0.3 is 65.2 Å². The molecule has 19 aromatic rings. The molecule has 0 aliphatic rings. The highest BCUT2D eigenvalue weighted by molar-refractivity contribution is 7.38. The van der Waals surface area contributed by atoms with Gasteiger partial charge in [-0.15, -0.1) is 0 Å². The molecule has 0 bridgehead atoms. The summed E-state index contributed by atoms with van der Waals surface area (Å²) in [6.07, 6.45) is 0. The molecule has 0 spiro atoms. The molecule has 0 radical (unpaired) electrons. The molecule has 18 aromatic carbocycles. The summed E-state index contributed by atoms with van der Waals surface area (Å²) in [4.78, 5) is 0. The van der Waals surface area contributed by atoms with Gasteiger partial charge in [0.25, 0.3) is 0 Å². The van der Waals surface area contributed by atoms with E-state index in [0.717, 1.165) is 110 Å². The van der Waals surface area contributed by atoms with E-state index in [0.29, 0.717) is 133 Å². The van der Waals surface area contributed by atoms with Gasteiger partial charge in [0.05, 0.1) is 0 Å². The summed E-state index contributed by atoms with van der Waals surface area (Å²) in [6, 6.07) is 142. The van der Waals surface area contributed by atoms with Crippen molar-refractivity contribution in [1.82, 2.24) is 0 Å². The molecule has 0 saturated carbocycles. The predicted octanol–water partition coefficient (Wildman–Crippen LogP) is 28.9. The van der Waals surface area contributed by atoms with Gasteiger partial charge in [0.2, 0.25) is 0 Å². The Kier molecular flexibility index (Phi) is 28.4. The van der Waals surface area contributed by atoms with E-state index in [9.17, 15) is 0 Å². The van der Waals surface area contributed by atoms with Crippen LogP contribution in [0.3, 0.4) is 0 Å². The van der Waals surface area contributed by atoms with Crippen LogP contribution in [-0.4, -0.2) is 0 Å². The summed E-state index contributed by atoms with van der Waals surface area (Å²) in [5.74, 6) is 7.08. The molecule has 0 fully saturated rings. The third-order valence-electron chi connectivity index (χ3n) is 22.6. The lowest BCUT2D eigenvalue weighted by atomic mass is 9.99. The van der Waals surface area contributed by atoms with Crippen LogP contribution in [0.25, 0.3) is 43.5 Å². The van der Waals surface area contributed by atoms with Crippen LogP contribution in [-0.2, 0) is 92.4 Å². The summed E-state index contributed by atoms with van der Waals surface area (Å²) in [5, 5.41) is 6.00. The molecule has 0 N–H and O–H groups in total. The maximum absolute atomic E-state index is 7.67. The van der Waals surface area contributed by atoms with Crippen LogP contribution in [0.5, 0.6) is 69.0 Å². The number of hydrogen-bond donors (Lipinski definition) is 0. The zero-order valence-electron chi connectivity index (χ0n) is 73.9. The van der Waals surface area contributed by atoms with E-state index in [-0.39, 0.29) is 39.5 Å². The number of nitrogens with zero attached hydrogens (tertiary/aromatic N) is 1. The smallest absolute Gasteiger partial charge is 0.310 e. The largest absolute Gasteiger partial charge is 0.489 e. The fourth-order valence-electron chi connectivity index (χ4n) is 16.0. The van der Waals surface area contributed by atoms with Crippen molar-refractivity contribution in [2.45, 2.75) is 92.4 Å². The van der Waals surface area contributed by atoms with Gasteiger partial charge in [-0.2, -0.15) is 4.67 Å². The lowest BCUT2D eigenvalue weighted by Crippen LogP contribution is -2.19. The van der Waals surface area contributed by atoms with Crippen LogP contribution in [0.1, 0.15) is 77.9 Å². The number of benzene rings is 18. The third kappa shape index (κ3) is 24.1. The Bertz CT molecular complexity index is 6160. The maximum atomic E-state index is 7.67. The van der Waals surface area contributed by atoms with Gasteiger partial charge in [0.15, 0.2) is 0 Å². The van der Waals surface area contributed by atoms with Gasteiger partial charge >= 0.3 is 8.16 Å². The van der Waals surface area contributed by atoms with E-state index < -0.39 is 8.16 Å². The lowest BCUT2D eigenvalue weighted by molar-refractivity contribution is 0.275. The SMILES string of the molecule is c1ccc(COc2cc(COc3cc(CN(Cc4cc(OCc5cc(OCc6ccccc6)cc(OCc6ccccc6)c5)cc(OCc5cc(OCc6ccccc6)cc(OCc6ccccc6)c5)c4)p4oc5ccc6ccccc6c5c5c(ccc6ccccc65)o4)cc(OCc4cc(OCc5ccccc5)cc(OCc5ccccc5)c4)c3)cc(OCc3ccccc3)c2)cc1. The monoisotopic (exact) mass is 1780 g/mol. The minimum atomic E-state index is -2.14. The molecule has 19 rings (SSSR count). The Morgan fingerprint density at radius 1 is 0.164 bits per heavy atom. The quantitative estimate of drug-likeness (QED) is 0.0359. The van der Waals surface area contributed by atoms with Crippen LogP contribution >= 0.6 is 8.16 Å². The molecule has 0 amide bonds. The highest BCUT2D eigenvalue weighted by Gasteiger charge is 2.23. The van der Waals surface area contributed by atoms with Crippen molar-refractivity contribution in [3.05, 3.63) is 503 Å². The van der Waals surface area contributed by atoms with Crippen molar-refractivity contribution in [3.8, 4) is 69.0 Å². The van der Waals surface area contributed by atoms with Crippen LogP contribution < -0.4 is 61.5 Å². The highest BCUT2D eigenvalue weighted by atomic mass is 31.1. The lowest BCUT2D eigenvalue weighted by Gasteiger charge is -2.21. The molecule has 15 nitrogen and oxygen atoms in total.